The molecule has 3 amide bonds. The Hall–Kier alpha value is -4.99. The number of benzene rings is 4. The van der Waals surface area contributed by atoms with Crippen LogP contribution in [0.4, 0.5) is 5.69 Å². The molecule has 1 aliphatic rings. The first-order valence-corrected chi connectivity index (χ1v) is 16.4. The van der Waals surface area contributed by atoms with Crippen molar-refractivity contribution in [2.24, 2.45) is 17.4 Å². The Kier molecular flexibility index (Phi) is 11.3. The number of phenols is 1. The second kappa shape index (κ2) is 15.7. The summed E-state index contributed by atoms with van der Waals surface area (Å²) in [6.07, 6.45) is 1.77. The van der Waals surface area contributed by atoms with Crippen molar-refractivity contribution in [2.45, 2.75) is 57.7 Å². The summed E-state index contributed by atoms with van der Waals surface area (Å²) in [6, 6.07) is 28.1. The second-order valence-corrected chi connectivity index (χ2v) is 12.8. The molecule has 1 heterocycles. The minimum atomic E-state index is -0.864. The molecule has 4 aromatic rings. The zero-order valence-electron chi connectivity index (χ0n) is 27.6. The highest BCUT2D eigenvalue weighted by atomic mass is 16.3. The van der Waals surface area contributed by atoms with Crippen LogP contribution in [0.2, 0.25) is 0 Å². The molecule has 0 unspecified atom stereocenters. The molecule has 0 fully saturated rings. The molecule has 1 aliphatic heterocycles. The van der Waals surface area contributed by atoms with Crippen molar-refractivity contribution in [3.63, 3.8) is 0 Å². The minimum absolute atomic E-state index is 0.00414. The van der Waals surface area contributed by atoms with Gasteiger partial charge in [0.15, 0.2) is 0 Å². The fourth-order valence-corrected chi connectivity index (χ4v) is 6.59. The maximum absolute atomic E-state index is 13.9. The van der Waals surface area contributed by atoms with Crippen LogP contribution < -0.4 is 27.0 Å². The number of anilines is 1. The highest BCUT2D eigenvalue weighted by Crippen LogP contribution is 2.31. The van der Waals surface area contributed by atoms with Gasteiger partial charge in [-0.05, 0) is 90.6 Å². The van der Waals surface area contributed by atoms with Crippen LogP contribution in [0.1, 0.15) is 33.4 Å². The van der Waals surface area contributed by atoms with E-state index < -0.39 is 24.0 Å². The number of aryl methyl sites for hydroxylation is 2. The number of carbonyl (C=O) groups is 3. The quantitative estimate of drug-likeness (QED) is 0.150. The van der Waals surface area contributed by atoms with E-state index in [1.165, 1.54) is 0 Å². The Bertz CT molecular complexity index is 1710. The van der Waals surface area contributed by atoms with Gasteiger partial charge in [0, 0.05) is 25.2 Å². The topological polar surface area (TPSA) is 151 Å². The smallest absolute Gasteiger partial charge is 0.244 e. The van der Waals surface area contributed by atoms with Gasteiger partial charge in [0.25, 0.3) is 0 Å². The molecule has 0 saturated heterocycles. The third kappa shape index (κ3) is 8.67. The highest BCUT2D eigenvalue weighted by molar-refractivity contribution is 5.98. The summed E-state index contributed by atoms with van der Waals surface area (Å²) < 4.78 is 0. The molecular weight excluding hydrogens is 602 g/mol. The van der Waals surface area contributed by atoms with Crippen molar-refractivity contribution in [1.29, 1.82) is 0 Å². The Morgan fingerprint density at radius 1 is 0.833 bits per heavy atom. The van der Waals surface area contributed by atoms with Crippen LogP contribution in [0.5, 0.6) is 5.75 Å². The third-order valence-electron chi connectivity index (χ3n) is 9.11. The summed E-state index contributed by atoms with van der Waals surface area (Å²) in [5.74, 6) is -0.907. The van der Waals surface area contributed by atoms with Gasteiger partial charge in [-0.2, -0.15) is 0 Å². The summed E-state index contributed by atoms with van der Waals surface area (Å²) >= 11 is 0. The van der Waals surface area contributed by atoms with E-state index in [4.69, 9.17) is 11.5 Å². The van der Waals surface area contributed by atoms with Crippen molar-refractivity contribution < 1.29 is 19.5 Å². The van der Waals surface area contributed by atoms with E-state index in [9.17, 15) is 19.5 Å². The number of hydrogen-bond donors (Lipinski definition) is 5. The largest absolute Gasteiger partial charge is 0.508 e. The normalized spacial score (nSPS) is 16.0. The molecular formula is C39H45N5O4. The van der Waals surface area contributed by atoms with E-state index in [0.717, 1.165) is 45.5 Å². The Balaban J connectivity index is 1.31. The molecule has 0 bridgehead atoms. The van der Waals surface area contributed by atoms with Crippen molar-refractivity contribution in [2.75, 3.05) is 18.0 Å². The first kappa shape index (κ1) is 34.3. The lowest BCUT2D eigenvalue weighted by Gasteiger charge is -2.37. The number of aromatic hydroxyl groups is 1. The van der Waals surface area contributed by atoms with E-state index >= 15 is 0 Å². The molecule has 9 nitrogen and oxygen atoms in total. The summed E-state index contributed by atoms with van der Waals surface area (Å²) in [7, 11) is 0. The predicted octanol–water partition coefficient (Wildman–Crippen LogP) is 3.50. The summed E-state index contributed by atoms with van der Waals surface area (Å²) in [6.45, 7) is 4.70. The van der Waals surface area contributed by atoms with E-state index in [0.29, 0.717) is 32.4 Å². The van der Waals surface area contributed by atoms with Crippen LogP contribution in [0.25, 0.3) is 0 Å². The molecule has 4 atom stereocenters. The van der Waals surface area contributed by atoms with Gasteiger partial charge in [0.2, 0.25) is 17.7 Å². The summed E-state index contributed by atoms with van der Waals surface area (Å²) in [5, 5.41) is 16.3. The standard InChI is InChI=1S/C39H45N5O4/c1-25-17-31(45)18-26(2)32(25)22-33(40)39(48)44-24-29(19-30-15-9-10-16-36(30)44)23-42-35(21-28-13-7-4-8-14-28)38(47)43-34(37(41)46)20-27-11-5-3-6-12-27/h3-18,29,33-35,42,45H,19-24,40H2,1-2H3,(H2,41,46)(H,43,47)/t29-,33-,34-,35-/m0/s1. The maximum atomic E-state index is 13.9. The van der Waals surface area contributed by atoms with Gasteiger partial charge in [0.05, 0.1) is 12.1 Å². The van der Waals surface area contributed by atoms with E-state index in [-0.39, 0.29) is 23.5 Å². The number of nitrogens with two attached hydrogens (primary N) is 2. The second-order valence-electron chi connectivity index (χ2n) is 12.8. The molecule has 250 valence electrons. The molecule has 0 radical (unpaired) electrons. The Morgan fingerprint density at radius 2 is 1.40 bits per heavy atom. The van der Waals surface area contributed by atoms with Gasteiger partial charge in [-0.25, -0.2) is 0 Å². The number of fused-ring (bicyclic) bond motifs is 1. The van der Waals surface area contributed by atoms with Crippen molar-refractivity contribution in [3.05, 3.63) is 130 Å². The van der Waals surface area contributed by atoms with Crippen molar-refractivity contribution in [3.8, 4) is 5.75 Å². The molecule has 5 rings (SSSR count). The zero-order valence-corrected chi connectivity index (χ0v) is 27.6. The Morgan fingerprint density at radius 3 is 2.00 bits per heavy atom. The summed E-state index contributed by atoms with van der Waals surface area (Å²) in [5.41, 5.74) is 18.8. The van der Waals surface area contributed by atoms with E-state index in [1.807, 2.05) is 98.8 Å². The van der Waals surface area contributed by atoms with Crippen LogP contribution in [0.3, 0.4) is 0 Å². The number of nitrogens with one attached hydrogen (secondary N) is 2. The van der Waals surface area contributed by atoms with E-state index in [1.54, 1.807) is 17.0 Å². The molecule has 0 aromatic heterocycles. The highest BCUT2D eigenvalue weighted by Gasteiger charge is 2.33. The molecule has 9 heteroatoms. The number of hydrogen-bond acceptors (Lipinski definition) is 6. The molecule has 48 heavy (non-hydrogen) atoms. The SMILES string of the molecule is Cc1cc(O)cc(C)c1C[C@H](N)C(=O)N1C[C@H](CN[C@@H](Cc2ccccc2)C(=O)N[C@@H](Cc2ccccc2)C(N)=O)Cc2ccccc21. The number of phenolic OH excluding ortho intramolecular Hbond substituents is 1. The number of para-hydroxylation sites is 1. The molecule has 7 N–H and O–H groups in total. The van der Waals surface area contributed by atoms with Gasteiger partial charge in [0.1, 0.15) is 11.8 Å². The van der Waals surface area contributed by atoms with Gasteiger partial charge < -0.3 is 32.1 Å². The number of primary amides is 1. The summed E-state index contributed by atoms with van der Waals surface area (Å²) in [4.78, 5) is 41.9. The number of amides is 3. The average molecular weight is 648 g/mol. The van der Waals surface area contributed by atoms with Crippen LogP contribution in [0.15, 0.2) is 97.1 Å². The number of nitrogens with zero attached hydrogens (tertiary/aromatic N) is 1. The minimum Gasteiger partial charge on any atom is -0.508 e. The molecule has 0 aliphatic carbocycles. The van der Waals surface area contributed by atoms with Crippen molar-refractivity contribution in [1.82, 2.24) is 10.6 Å². The first-order valence-electron chi connectivity index (χ1n) is 16.4. The number of rotatable bonds is 13. The van der Waals surface area contributed by atoms with Crippen LogP contribution >= 0.6 is 0 Å². The average Bonchev–Trinajstić information content (AvgIpc) is 3.07. The predicted molar refractivity (Wildman–Crippen MR) is 188 cm³/mol. The molecule has 0 saturated carbocycles. The fourth-order valence-electron chi connectivity index (χ4n) is 6.59. The monoisotopic (exact) mass is 647 g/mol. The van der Waals surface area contributed by atoms with Crippen LogP contribution in [-0.4, -0.2) is 54.0 Å². The fraction of sp³-hybridized carbons (Fsp3) is 0.308. The lowest BCUT2D eigenvalue weighted by atomic mass is 9.90. The van der Waals surface area contributed by atoms with Gasteiger partial charge in [-0.15, -0.1) is 0 Å². The Labute approximate surface area is 282 Å². The number of carbonyl (C=O) groups excluding carboxylic acids is 3. The van der Waals surface area contributed by atoms with Crippen LogP contribution in [-0.2, 0) is 40.1 Å². The lowest BCUT2D eigenvalue weighted by Crippen LogP contribution is -2.55. The lowest BCUT2D eigenvalue weighted by molar-refractivity contribution is -0.128. The first-order chi connectivity index (χ1) is 23.1. The molecule has 4 aromatic carbocycles. The van der Waals surface area contributed by atoms with Crippen LogP contribution in [0, 0.1) is 19.8 Å². The zero-order chi connectivity index (χ0) is 34.2. The van der Waals surface area contributed by atoms with Crippen molar-refractivity contribution >= 4 is 23.4 Å². The third-order valence-corrected chi connectivity index (χ3v) is 9.11. The van der Waals surface area contributed by atoms with Gasteiger partial charge in [-0.3, -0.25) is 14.4 Å². The van der Waals surface area contributed by atoms with Gasteiger partial charge in [-0.1, -0.05) is 78.9 Å². The molecule has 0 spiro atoms. The maximum Gasteiger partial charge on any atom is 0.244 e. The van der Waals surface area contributed by atoms with Gasteiger partial charge >= 0.3 is 0 Å². The van der Waals surface area contributed by atoms with E-state index in [2.05, 4.69) is 10.6 Å².